The van der Waals surface area contributed by atoms with Crippen LogP contribution in [0.5, 0.6) is 0 Å². The molecular formula is C17H26Cl2IN5O2. The van der Waals surface area contributed by atoms with Gasteiger partial charge >= 0.3 is 0 Å². The van der Waals surface area contributed by atoms with Crippen LogP contribution in [0.3, 0.4) is 0 Å². The molecule has 1 rings (SSSR count). The van der Waals surface area contributed by atoms with Crippen LogP contribution in [0.1, 0.15) is 31.1 Å². The van der Waals surface area contributed by atoms with Crippen LogP contribution in [0.25, 0.3) is 0 Å². The van der Waals surface area contributed by atoms with Crippen LogP contribution in [0.2, 0.25) is 10.0 Å². The molecule has 0 spiro atoms. The zero-order valence-corrected chi connectivity index (χ0v) is 19.6. The highest BCUT2D eigenvalue weighted by Crippen LogP contribution is 2.22. The molecule has 0 fully saturated rings. The summed E-state index contributed by atoms with van der Waals surface area (Å²) in [6, 6.07) is 4.69. The minimum atomic E-state index is -0.287. The van der Waals surface area contributed by atoms with Crippen molar-refractivity contribution in [3.05, 3.63) is 33.8 Å². The van der Waals surface area contributed by atoms with Crippen LogP contribution in [0.4, 0.5) is 0 Å². The quantitative estimate of drug-likeness (QED) is 0.197. The van der Waals surface area contributed by atoms with Gasteiger partial charge in [0.2, 0.25) is 5.91 Å². The molecule has 0 aliphatic heterocycles. The zero-order chi connectivity index (χ0) is 19.7. The third kappa shape index (κ3) is 10.6. The Morgan fingerprint density at radius 1 is 1.04 bits per heavy atom. The largest absolute Gasteiger partial charge is 0.355 e. The number of halogens is 3. The third-order valence-electron chi connectivity index (χ3n) is 3.04. The summed E-state index contributed by atoms with van der Waals surface area (Å²) in [5, 5.41) is 12.2. The molecule has 0 unspecified atom stereocenters. The number of carbonyl (C=O) groups is 2. The van der Waals surface area contributed by atoms with Crippen molar-refractivity contribution >= 4 is 65.0 Å². The van der Waals surface area contributed by atoms with Gasteiger partial charge in [-0.05, 0) is 39.0 Å². The Morgan fingerprint density at radius 2 is 1.67 bits per heavy atom. The van der Waals surface area contributed by atoms with E-state index in [-0.39, 0.29) is 47.9 Å². The van der Waals surface area contributed by atoms with Gasteiger partial charge in [-0.3, -0.25) is 14.6 Å². The molecule has 27 heavy (non-hydrogen) atoms. The topological polar surface area (TPSA) is 94.6 Å². The van der Waals surface area contributed by atoms with Crippen molar-refractivity contribution in [3.8, 4) is 0 Å². The monoisotopic (exact) mass is 529 g/mol. The minimum Gasteiger partial charge on any atom is -0.355 e. The average molecular weight is 530 g/mol. The first-order valence-corrected chi connectivity index (χ1v) is 8.87. The second kappa shape index (κ2) is 12.2. The molecule has 0 aliphatic rings. The van der Waals surface area contributed by atoms with Gasteiger partial charge in [-0.15, -0.1) is 24.0 Å². The zero-order valence-electron chi connectivity index (χ0n) is 15.8. The molecule has 0 radical (unpaired) electrons. The number of benzene rings is 1. The molecule has 1 aromatic carbocycles. The smallest absolute Gasteiger partial charge is 0.251 e. The Balaban J connectivity index is 0.00000676. The van der Waals surface area contributed by atoms with E-state index in [2.05, 4.69) is 26.3 Å². The van der Waals surface area contributed by atoms with E-state index in [9.17, 15) is 9.59 Å². The molecule has 10 heteroatoms. The van der Waals surface area contributed by atoms with Gasteiger partial charge in [0, 0.05) is 31.2 Å². The summed E-state index contributed by atoms with van der Waals surface area (Å²) in [7, 11) is 1.60. The first kappa shape index (κ1) is 25.7. The van der Waals surface area contributed by atoms with E-state index < -0.39 is 0 Å². The second-order valence-electron chi connectivity index (χ2n) is 6.54. The molecule has 0 atom stereocenters. The SMILES string of the molecule is CN=C(NCCNC(=O)c1ccc(Cl)c(Cl)c1)NCC(=O)NC(C)(C)C.I. The molecule has 0 saturated carbocycles. The van der Waals surface area contributed by atoms with Gasteiger partial charge in [0.05, 0.1) is 16.6 Å². The number of hydrogen-bond donors (Lipinski definition) is 4. The van der Waals surface area contributed by atoms with Crippen LogP contribution in [-0.4, -0.2) is 50.0 Å². The molecule has 0 heterocycles. The maximum Gasteiger partial charge on any atom is 0.251 e. The van der Waals surface area contributed by atoms with Gasteiger partial charge in [-0.2, -0.15) is 0 Å². The average Bonchev–Trinajstić information content (AvgIpc) is 2.54. The Kier molecular flexibility index (Phi) is 11.7. The van der Waals surface area contributed by atoms with Gasteiger partial charge in [-0.1, -0.05) is 23.2 Å². The number of rotatable bonds is 6. The van der Waals surface area contributed by atoms with Gasteiger partial charge in [-0.25, -0.2) is 0 Å². The minimum absolute atomic E-state index is 0. The van der Waals surface area contributed by atoms with Crippen molar-refractivity contribution in [3.63, 3.8) is 0 Å². The van der Waals surface area contributed by atoms with E-state index in [1.165, 1.54) is 6.07 Å². The summed E-state index contributed by atoms with van der Waals surface area (Å²) in [4.78, 5) is 27.8. The normalized spacial score (nSPS) is 11.3. The fourth-order valence-electron chi connectivity index (χ4n) is 1.94. The number of nitrogens with zero attached hydrogens (tertiary/aromatic N) is 1. The Morgan fingerprint density at radius 3 is 2.22 bits per heavy atom. The Labute approximate surface area is 187 Å². The lowest BCUT2D eigenvalue weighted by molar-refractivity contribution is -0.121. The fraction of sp³-hybridized carbons (Fsp3) is 0.471. The lowest BCUT2D eigenvalue weighted by atomic mass is 10.1. The summed E-state index contributed by atoms with van der Waals surface area (Å²) >= 11 is 11.7. The summed E-state index contributed by atoms with van der Waals surface area (Å²) < 4.78 is 0. The highest BCUT2D eigenvalue weighted by molar-refractivity contribution is 14.0. The maximum atomic E-state index is 12.0. The lowest BCUT2D eigenvalue weighted by Gasteiger charge is -2.21. The molecule has 7 nitrogen and oxygen atoms in total. The van der Waals surface area contributed by atoms with Crippen molar-refractivity contribution in [1.29, 1.82) is 0 Å². The summed E-state index contributed by atoms with van der Waals surface area (Å²) in [6.45, 7) is 6.64. The van der Waals surface area contributed by atoms with Gasteiger partial charge in [0.1, 0.15) is 0 Å². The van der Waals surface area contributed by atoms with Crippen LogP contribution >= 0.6 is 47.2 Å². The van der Waals surface area contributed by atoms with E-state index in [1.54, 1.807) is 19.2 Å². The molecule has 0 saturated heterocycles. The van der Waals surface area contributed by atoms with Crippen molar-refractivity contribution in [2.75, 3.05) is 26.7 Å². The van der Waals surface area contributed by atoms with Crippen LogP contribution in [-0.2, 0) is 4.79 Å². The van der Waals surface area contributed by atoms with E-state index >= 15 is 0 Å². The molecule has 152 valence electrons. The number of hydrogen-bond acceptors (Lipinski definition) is 3. The van der Waals surface area contributed by atoms with Crippen molar-refractivity contribution in [2.24, 2.45) is 4.99 Å². The number of carbonyl (C=O) groups excluding carboxylic acids is 2. The van der Waals surface area contributed by atoms with E-state index in [0.717, 1.165) is 0 Å². The van der Waals surface area contributed by atoms with Crippen LogP contribution in [0.15, 0.2) is 23.2 Å². The molecule has 4 N–H and O–H groups in total. The first-order valence-electron chi connectivity index (χ1n) is 8.11. The third-order valence-corrected chi connectivity index (χ3v) is 3.78. The first-order chi connectivity index (χ1) is 12.1. The predicted molar refractivity (Wildman–Crippen MR) is 121 cm³/mol. The standard InChI is InChI=1S/C17H25Cl2N5O2.HI/c1-17(2,3)24-14(25)10-23-16(20-4)22-8-7-21-15(26)11-5-6-12(18)13(19)9-11;/h5-6,9H,7-8,10H2,1-4H3,(H,21,26)(H,24,25)(H2,20,22,23);1H. The van der Waals surface area contributed by atoms with Crippen LogP contribution in [0, 0.1) is 0 Å². The fourth-order valence-corrected chi connectivity index (χ4v) is 2.24. The number of amides is 2. The summed E-state index contributed by atoms with van der Waals surface area (Å²) in [6.07, 6.45) is 0. The molecule has 1 aromatic rings. The van der Waals surface area contributed by atoms with Crippen LogP contribution < -0.4 is 21.3 Å². The highest BCUT2D eigenvalue weighted by Gasteiger charge is 2.13. The van der Waals surface area contributed by atoms with Gasteiger partial charge < -0.3 is 21.3 Å². The van der Waals surface area contributed by atoms with Gasteiger partial charge in [0.25, 0.3) is 5.91 Å². The Bertz CT molecular complexity index is 678. The molecule has 0 aromatic heterocycles. The maximum absolute atomic E-state index is 12.0. The van der Waals surface area contributed by atoms with E-state index in [4.69, 9.17) is 23.2 Å². The van der Waals surface area contributed by atoms with Crippen molar-refractivity contribution in [2.45, 2.75) is 26.3 Å². The molecule has 0 aliphatic carbocycles. The van der Waals surface area contributed by atoms with Crippen molar-refractivity contribution in [1.82, 2.24) is 21.3 Å². The number of nitrogens with one attached hydrogen (secondary N) is 4. The van der Waals surface area contributed by atoms with Crippen molar-refractivity contribution < 1.29 is 9.59 Å². The lowest BCUT2D eigenvalue weighted by Crippen LogP contribution is -2.48. The highest BCUT2D eigenvalue weighted by atomic mass is 127. The number of aliphatic imine (C=N–C) groups is 1. The molecule has 2 amide bonds. The van der Waals surface area contributed by atoms with E-state index in [1.807, 2.05) is 20.8 Å². The molecule has 0 bridgehead atoms. The summed E-state index contributed by atoms with van der Waals surface area (Å²) in [5.41, 5.74) is 0.144. The second-order valence-corrected chi connectivity index (χ2v) is 7.35. The Hall–Kier alpha value is -1.26. The molecular weight excluding hydrogens is 504 g/mol. The summed E-state index contributed by atoms with van der Waals surface area (Å²) in [5.74, 6) is 0.0871. The van der Waals surface area contributed by atoms with Gasteiger partial charge in [0.15, 0.2) is 5.96 Å². The predicted octanol–water partition coefficient (Wildman–Crippen LogP) is 2.42. The number of guanidine groups is 1. The van der Waals surface area contributed by atoms with E-state index in [0.29, 0.717) is 34.7 Å².